The number of nitrogens with two attached hydrogens (primary N) is 2. The maximum Gasteiger partial charge on any atom is 0.547 e. The molecular weight excluding hydrogens is 551 g/mol. The second kappa shape index (κ2) is 13.2. The molecule has 1 aliphatic heterocycles. The highest BCUT2D eigenvalue weighted by Crippen LogP contribution is 2.30. The minimum absolute atomic E-state index is 0.00953. The standard InChI is InChI=1S/C26H29BN6O7S/c1-14(2)30-23(28)15-6-8-17(9-7-15)38-10-11-39-33-21(19-13-41-26(29)31-19)24(34)32-20-12-16-4-3-5-18(25(35)36)22(16)40-27(20)37/h3-9,13-14,20,37H,10-12H2,1-2H3,(H2,28,30)(H2,29,31)(H,32,34)(H,35,36)/b33-21-/t20-/m0/s1. The van der Waals surface area contributed by atoms with Gasteiger partial charge in [-0.05, 0) is 56.2 Å². The monoisotopic (exact) mass is 580 g/mol. The van der Waals surface area contributed by atoms with Gasteiger partial charge < -0.3 is 41.1 Å². The summed E-state index contributed by atoms with van der Waals surface area (Å²) in [5.74, 6) is -1.69. The van der Waals surface area contributed by atoms with Crippen LogP contribution < -0.4 is 26.2 Å². The van der Waals surface area contributed by atoms with Crippen LogP contribution in [-0.2, 0) is 16.1 Å². The average Bonchev–Trinajstić information content (AvgIpc) is 3.36. The Morgan fingerprint density at radius 3 is 2.66 bits per heavy atom. The van der Waals surface area contributed by atoms with Crippen molar-refractivity contribution in [3.63, 3.8) is 0 Å². The first-order valence-corrected chi connectivity index (χ1v) is 13.5. The number of anilines is 1. The van der Waals surface area contributed by atoms with E-state index in [1.165, 1.54) is 6.07 Å². The van der Waals surface area contributed by atoms with E-state index in [-0.39, 0.29) is 53.5 Å². The third kappa shape index (κ3) is 7.52. The second-order valence-corrected chi connectivity index (χ2v) is 10.1. The van der Waals surface area contributed by atoms with Crippen molar-refractivity contribution in [1.82, 2.24) is 10.3 Å². The van der Waals surface area contributed by atoms with E-state index in [1.54, 1.807) is 41.8 Å². The number of ether oxygens (including phenoxy) is 1. The number of carboxylic acids is 1. The number of aliphatic imine (C=N–C) groups is 1. The number of thiazole rings is 1. The molecule has 0 fully saturated rings. The molecule has 1 aromatic heterocycles. The van der Waals surface area contributed by atoms with Gasteiger partial charge in [-0.15, -0.1) is 11.3 Å². The number of benzene rings is 2. The number of nitrogens with zero attached hydrogens (tertiary/aromatic N) is 3. The zero-order valence-electron chi connectivity index (χ0n) is 22.3. The van der Waals surface area contributed by atoms with Crippen molar-refractivity contribution in [1.29, 1.82) is 0 Å². The molecule has 0 aliphatic carbocycles. The number of nitrogens with one attached hydrogen (secondary N) is 1. The number of rotatable bonds is 11. The van der Waals surface area contributed by atoms with Crippen LogP contribution in [0.15, 0.2) is 58.0 Å². The fraction of sp³-hybridized carbons (Fsp3) is 0.269. The molecule has 3 aromatic rings. The van der Waals surface area contributed by atoms with Gasteiger partial charge in [0.15, 0.2) is 17.5 Å². The summed E-state index contributed by atoms with van der Waals surface area (Å²) in [5.41, 5.74) is 13.0. The Morgan fingerprint density at radius 2 is 2.00 bits per heavy atom. The number of hydrogen-bond acceptors (Lipinski definition) is 11. The van der Waals surface area contributed by atoms with Gasteiger partial charge in [-0.1, -0.05) is 17.3 Å². The number of carboxylic acid groups (broad SMARTS) is 1. The van der Waals surface area contributed by atoms with Gasteiger partial charge in [-0.25, -0.2) is 9.78 Å². The molecule has 1 aliphatic rings. The summed E-state index contributed by atoms with van der Waals surface area (Å²) in [6.07, 6.45) is 0.123. The maximum atomic E-state index is 13.2. The second-order valence-electron chi connectivity index (χ2n) is 9.22. The van der Waals surface area contributed by atoms with Crippen LogP contribution in [-0.4, -0.2) is 70.9 Å². The van der Waals surface area contributed by atoms with Crippen molar-refractivity contribution in [2.45, 2.75) is 32.3 Å². The molecule has 0 unspecified atom stereocenters. The van der Waals surface area contributed by atoms with Gasteiger partial charge in [0.1, 0.15) is 29.6 Å². The number of hydrogen-bond donors (Lipinski definition) is 5. The van der Waals surface area contributed by atoms with E-state index < -0.39 is 24.9 Å². The topological polar surface area (TPSA) is 204 Å². The molecule has 2 aromatic carbocycles. The van der Waals surface area contributed by atoms with Gasteiger partial charge in [0.25, 0.3) is 5.91 Å². The van der Waals surface area contributed by atoms with E-state index >= 15 is 0 Å². The van der Waals surface area contributed by atoms with Crippen molar-refractivity contribution >= 4 is 47.0 Å². The number of carbonyl (C=O) groups excluding carboxylic acids is 1. The Balaban J connectivity index is 1.38. The fourth-order valence-electron chi connectivity index (χ4n) is 3.94. The van der Waals surface area contributed by atoms with E-state index in [0.29, 0.717) is 17.1 Å². The lowest BCUT2D eigenvalue weighted by atomic mass is 9.72. The highest BCUT2D eigenvalue weighted by Gasteiger charge is 2.38. The summed E-state index contributed by atoms with van der Waals surface area (Å²) in [6, 6.07) is 11.8. The van der Waals surface area contributed by atoms with E-state index in [0.717, 1.165) is 16.9 Å². The summed E-state index contributed by atoms with van der Waals surface area (Å²) >= 11 is 1.12. The molecule has 7 N–H and O–H groups in total. The molecule has 13 nitrogen and oxygen atoms in total. The van der Waals surface area contributed by atoms with E-state index in [2.05, 4.69) is 20.4 Å². The molecule has 15 heteroatoms. The first kappa shape index (κ1) is 29.4. The van der Waals surface area contributed by atoms with E-state index in [1.807, 2.05) is 13.8 Å². The summed E-state index contributed by atoms with van der Waals surface area (Å²) in [6.45, 7) is 4.02. The zero-order valence-corrected chi connectivity index (χ0v) is 23.1. The third-order valence-electron chi connectivity index (χ3n) is 5.79. The molecule has 1 atom stereocenters. The minimum atomic E-state index is -1.50. The molecule has 0 radical (unpaired) electrons. The van der Waals surface area contributed by atoms with Crippen molar-refractivity contribution in [3.05, 3.63) is 70.2 Å². The van der Waals surface area contributed by atoms with Gasteiger partial charge in [0.2, 0.25) is 0 Å². The lowest BCUT2D eigenvalue weighted by molar-refractivity contribution is -0.115. The van der Waals surface area contributed by atoms with Crippen molar-refractivity contribution in [2.24, 2.45) is 15.9 Å². The van der Waals surface area contributed by atoms with Crippen LogP contribution in [0.3, 0.4) is 0 Å². The van der Waals surface area contributed by atoms with Gasteiger partial charge in [-0.3, -0.25) is 9.79 Å². The quantitative estimate of drug-likeness (QED) is 0.0726. The smallest absolute Gasteiger partial charge is 0.534 e. The SMILES string of the molecule is CC(C)N=C(N)c1ccc(OCCO/N=C(\C(=O)N[C@H]2Cc3cccc(C(=O)O)c3OB2O)c2csc(N)n2)cc1. The van der Waals surface area contributed by atoms with Crippen molar-refractivity contribution < 1.29 is 33.9 Å². The van der Waals surface area contributed by atoms with Gasteiger partial charge >= 0.3 is 13.1 Å². The Bertz CT molecular complexity index is 1460. The van der Waals surface area contributed by atoms with E-state index in [9.17, 15) is 19.7 Å². The van der Waals surface area contributed by atoms with Crippen LogP contribution in [0.2, 0.25) is 0 Å². The fourth-order valence-corrected chi connectivity index (χ4v) is 4.48. The van der Waals surface area contributed by atoms with E-state index in [4.69, 9.17) is 25.7 Å². The molecule has 41 heavy (non-hydrogen) atoms. The first-order valence-electron chi connectivity index (χ1n) is 12.6. The highest BCUT2D eigenvalue weighted by molar-refractivity contribution is 7.13. The normalized spacial score (nSPS) is 15.2. The van der Waals surface area contributed by atoms with Crippen molar-refractivity contribution in [2.75, 3.05) is 18.9 Å². The number of carbonyl (C=O) groups is 2. The molecule has 0 spiro atoms. The Morgan fingerprint density at radius 1 is 1.24 bits per heavy atom. The predicted molar refractivity (Wildman–Crippen MR) is 154 cm³/mol. The molecule has 0 saturated carbocycles. The van der Waals surface area contributed by atoms with Crippen LogP contribution >= 0.6 is 11.3 Å². The summed E-state index contributed by atoms with van der Waals surface area (Å²) < 4.78 is 11.1. The lowest BCUT2D eigenvalue weighted by Gasteiger charge is -2.28. The van der Waals surface area contributed by atoms with Gasteiger partial charge in [0, 0.05) is 17.0 Å². The number of aromatic carboxylic acids is 1. The number of aromatic nitrogens is 1. The average molecular weight is 580 g/mol. The van der Waals surface area contributed by atoms with Crippen molar-refractivity contribution in [3.8, 4) is 11.5 Å². The molecular formula is C26H29BN6O7S. The zero-order chi connectivity index (χ0) is 29.5. The van der Waals surface area contributed by atoms with Crippen LogP contribution in [0.1, 0.15) is 41.0 Å². The van der Waals surface area contributed by atoms with Gasteiger partial charge in [0.05, 0.1) is 11.5 Å². The number of nitrogen functional groups attached to an aromatic ring is 1. The summed E-state index contributed by atoms with van der Waals surface area (Å²) in [4.78, 5) is 38.4. The van der Waals surface area contributed by atoms with Crippen LogP contribution in [0.25, 0.3) is 0 Å². The minimum Gasteiger partial charge on any atom is -0.534 e. The molecule has 0 saturated heterocycles. The number of amidine groups is 1. The summed E-state index contributed by atoms with van der Waals surface area (Å²) in [7, 11) is -1.50. The molecule has 2 heterocycles. The number of fused-ring (bicyclic) bond motifs is 1. The van der Waals surface area contributed by atoms with Crippen LogP contribution in [0.5, 0.6) is 11.5 Å². The molecule has 214 valence electrons. The largest absolute Gasteiger partial charge is 0.547 e. The third-order valence-corrected chi connectivity index (χ3v) is 6.47. The molecule has 4 rings (SSSR count). The molecule has 1 amide bonds. The number of para-hydroxylation sites is 1. The lowest BCUT2D eigenvalue weighted by Crippen LogP contribution is -2.54. The Hall–Kier alpha value is -4.63. The first-order chi connectivity index (χ1) is 19.6. The highest BCUT2D eigenvalue weighted by atomic mass is 32.1. The Kier molecular flexibility index (Phi) is 9.42. The number of amides is 1. The Labute approximate surface area is 240 Å². The number of oxime groups is 1. The van der Waals surface area contributed by atoms with Gasteiger partial charge in [-0.2, -0.15) is 0 Å². The summed E-state index contributed by atoms with van der Waals surface area (Å²) in [5, 5.41) is 28.3. The molecule has 0 bridgehead atoms. The van der Waals surface area contributed by atoms with Crippen LogP contribution in [0, 0.1) is 0 Å². The maximum absolute atomic E-state index is 13.2. The van der Waals surface area contributed by atoms with Crippen LogP contribution in [0.4, 0.5) is 5.13 Å². The predicted octanol–water partition coefficient (Wildman–Crippen LogP) is 1.48.